The largest absolute Gasteiger partial charge is 0.396 e. The molecule has 0 bridgehead atoms. The first kappa shape index (κ1) is 9.47. The predicted molar refractivity (Wildman–Crippen MR) is 53.6 cm³/mol. The minimum absolute atomic E-state index is 0.382. The lowest BCUT2D eigenvalue weighted by Gasteiger charge is -2.24. The van der Waals surface area contributed by atoms with Crippen LogP contribution in [0.1, 0.15) is 32.6 Å². The molecule has 0 aromatic carbocycles. The summed E-state index contributed by atoms with van der Waals surface area (Å²) in [5.41, 5.74) is 0. The van der Waals surface area contributed by atoms with Crippen LogP contribution in [0.3, 0.4) is 0 Å². The van der Waals surface area contributed by atoms with Crippen LogP contribution in [-0.4, -0.2) is 35.7 Å². The fraction of sp³-hybridized carbons (Fsp3) is 1.00. The number of hydrogen-bond acceptors (Lipinski definition) is 2. The number of aliphatic hydroxyl groups is 1. The van der Waals surface area contributed by atoms with E-state index in [0.29, 0.717) is 12.5 Å². The van der Waals surface area contributed by atoms with E-state index >= 15 is 0 Å². The Bertz CT molecular complexity index is 167. The lowest BCUT2D eigenvalue weighted by molar-refractivity contribution is 0.196. The Morgan fingerprint density at radius 2 is 2.08 bits per heavy atom. The molecule has 2 fully saturated rings. The molecular formula is C11H21NO. The highest BCUT2D eigenvalue weighted by molar-refractivity contribution is 4.83. The van der Waals surface area contributed by atoms with Gasteiger partial charge in [0.1, 0.15) is 0 Å². The molecular weight excluding hydrogens is 162 g/mol. The zero-order valence-corrected chi connectivity index (χ0v) is 8.58. The molecule has 2 rings (SSSR count). The van der Waals surface area contributed by atoms with Gasteiger partial charge in [0.15, 0.2) is 0 Å². The zero-order chi connectivity index (χ0) is 9.26. The summed E-state index contributed by atoms with van der Waals surface area (Å²) in [6, 6.07) is 0.754. The molecule has 76 valence electrons. The van der Waals surface area contributed by atoms with Crippen molar-refractivity contribution in [3.05, 3.63) is 0 Å². The Hall–Kier alpha value is -0.0800. The van der Waals surface area contributed by atoms with E-state index < -0.39 is 0 Å². The van der Waals surface area contributed by atoms with Crippen molar-refractivity contribution >= 4 is 0 Å². The van der Waals surface area contributed by atoms with Gasteiger partial charge in [-0.2, -0.15) is 0 Å². The molecule has 2 aliphatic rings. The van der Waals surface area contributed by atoms with Crippen LogP contribution in [0.25, 0.3) is 0 Å². The maximum absolute atomic E-state index is 9.03. The number of rotatable bonds is 4. The summed E-state index contributed by atoms with van der Waals surface area (Å²) in [5.74, 6) is 1.59. The van der Waals surface area contributed by atoms with Crippen LogP contribution >= 0.6 is 0 Å². The van der Waals surface area contributed by atoms with Gasteiger partial charge in [0.05, 0.1) is 0 Å². The first-order valence-corrected chi connectivity index (χ1v) is 5.64. The summed E-state index contributed by atoms with van der Waals surface area (Å²) in [4.78, 5) is 2.55. The fourth-order valence-corrected chi connectivity index (χ4v) is 2.40. The minimum Gasteiger partial charge on any atom is -0.396 e. The highest BCUT2D eigenvalue weighted by Crippen LogP contribution is 2.35. The molecule has 1 saturated carbocycles. The quantitative estimate of drug-likeness (QED) is 0.714. The fourth-order valence-electron chi connectivity index (χ4n) is 2.40. The Morgan fingerprint density at radius 1 is 1.31 bits per heavy atom. The van der Waals surface area contributed by atoms with Gasteiger partial charge >= 0.3 is 0 Å². The van der Waals surface area contributed by atoms with Gasteiger partial charge in [0.2, 0.25) is 0 Å². The van der Waals surface area contributed by atoms with Crippen LogP contribution in [0.15, 0.2) is 0 Å². The molecule has 0 radical (unpaired) electrons. The van der Waals surface area contributed by atoms with Crippen LogP contribution in [0.2, 0.25) is 0 Å². The third-order valence-corrected chi connectivity index (χ3v) is 3.57. The molecule has 2 atom stereocenters. The van der Waals surface area contributed by atoms with Crippen molar-refractivity contribution in [2.24, 2.45) is 11.8 Å². The highest BCUT2D eigenvalue weighted by atomic mass is 16.3. The summed E-state index contributed by atoms with van der Waals surface area (Å²) < 4.78 is 0. The number of aliphatic hydroxyl groups excluding tert-OH is 1. The van der Waals surface area contributed by atoms with Crippen LogP contribution < -0.4 is 0 Å². The smallest absolute Gasteiger partial charge is 0.0471 e. The van der Waals surface area contributed by atoms with E-state index in [0.717, 1.165) is 18.5 Å². The summed E-state index contributed by atoms with van der Waals surface area (Å²) in [5, 5.41) is 9.03. The van der Waals surface area contributed by atoms with Crippen LogP contribution in [-0.2, 0) is 0 Å². The second-order valence-electron chi connectivity index (χ2n) is 4.86. The summed E-state index contributed by atoms with van der Waals surface area (Å²) in [6.07, 6.45) is 5.51. The second kappa shape index (κ2) is 3.97. The first-order chi connectivity index (χ1) is 6.29. The molecule has 1 saturated heterocycles. The Morgan fingerprint density at radius 3 is 2.62 bits per heavy atom. The van der Waals surface area contributed by atoms with Gasteiger partial charge in [-0.25, -0.2) is 0 Å². The lowest BCUT2D eigenvalue weighted by Crippen LogP contribution is -2.31. The molecule has 0 amide bonds. The third kappa shape index (κ3) is 2.44. The molecule has 2 nitrogen and oxygen atoms in total. The van der Waals surface area contributed by atoms with Crippen LogP contribution in [0, 0.1) is 11.8 Å². The van der Waals surface area contributed by atoms with E-state index in [1.807, 2.05) is 0 Å². The molecule has 1 aliphatic heterocycles. The van der Waals surface area contributed by atoms with E-state index in [2.05, 4.69) is 11.8 Å². The minimum atomic E-state index is 0.382. The first-order valence-electron chi connectivity index (χ1n) is 5.64. The highest BCUT2D eigenvalue weighted by Gasteiger charge is 2.30. The number of nitrogens with zero attached hydrogens (tertiary/aromatic N) is 1. The Kier molecular flexibility index (Phi) is 2.89. The maximum atomic E-state index is 9.03. The van der Waals surface area contributed by atoms with Crippen molar-refractivity contribution in [3.8, 4) is 0 Å². The molecule has 1 N–H and O–H groups in total. The molecule has 13 heavy (non-hydrogen) atoms. The molecule has 1 heterocycles. The Balaban J connectivity index is 1.73. The van der Waals surface area contributed by atoms with Gasteiger partial charge < -0.3 is 10.0 Å². The van der Waals surface area contributed by atoms with E-state index in [1.165, 1.54) is 32.2 Å². The van der Waals surface area contributed by atoms with E-state index in [4.69, 9.17) is 5.11 Å². The standard InChI is InChI=1S/C11H21NO/c1-9(6-10-2-3-10)12-5-4-11(7-12)8-13/h9-11,13H,2-8H2,1H3. The predicted octanol–water partition coefficient (Wildman–Crippen LogP) is 1.49. The Labute approximate surface area is 80.9 Å². The molecule has 2 unspecified atom stereocenters. The van der Waals surface area contributed by atoms with Gasteiger partial charge in [-0.1, -0.05) is 12.8 Å². The van der Waals surface area contributed by atoms with Gasteiger partial charge in [-0.15, -0.1) is 0 Å². The molecule has 0 aromatic rings. The summed E-state index contributed by atoms with van der Waals surface area (Å²) in [7, 11) is 0. The van der Waals surface area contributed by atoms with Crippen molar-refractivity contribution in [3.63, 3.8) is 0 Å². The zero-order valence-electron chi connectivity index (χ0n) is 8.58. The van der Waals surface area contributed by atoms with E-state index in [-0.39, 0.29) is 0 Å². The average Bonchev–Trinajstić information content (AvgIpc) is 2.82. The second-order valence-corrected chi connectivity index (χ2v) is 4.86. The molecule has 0 spiro atoms. The monoisotopic (exact) mass is 183 g/mol. The van der Waals surface area contributed by atoms with Gasteiger partial charge in [0, 0.05) is 19.2 Å². The molecule has 2 heteroatoms. The normalized spacial score (nSPS) is 32.3. The number of likely N-dealkylation sites (tertiary alicyclic amines) is 1. The van der Waals surface area contributed by atoms with E-state index in [9.17, 15) is 0 Å². The van der Waals surface area contributed by atoms with Gasteiger partial charge in [0.25, 0.3) is 0 Å². The molecule has 0 aromatic heterocycles. The third-order valence-electron chi connectivity index (χ3n) is 3.57. The topological polar surface area (TPSA) is 23.5 Å². The maximum Gasteiger partial charge on any atom is 0.0471 e. The summed E-state index contributed by atoms with van der Waals surface area (Å²) >= 11 is 0. The van der Waals surface area contributed by atoms with E-state index in [1.54, 1.807) is 0 Å². The van der Waals surface area contributed by atoms with Gasteiger partial charge in [-0.05, 0) is 38.1 Å². The average molecular weight is 183 g/mol. The van der Waals surface area contributed by atoms with Gasteiger partial charge in [-0.3, -0.25) is 0 Å². The summed E-state index contributed by atoms with van der Waals surface area (Å²) in [6.45, 7) is 5.06. The molecule has 1 aliphatic carbocycles. The SMILES string of the molecule is CC(CC1CC1)N1CCC(CO)C1. The van der Waals surface area contributed by atoms with Crippen molar-refractivity contribution in [1.29, 1.82) is 0 Å². The van der Waals surface area contributed by atoms with Crippen molar-refractivity contribution in [2.45, 2.75) is 38.6 Å². The lowest BCUT2D eigenvalue weighted by atomic mass is 10.1. The van der Waals surface area contributed by atoms with Crippen molar-refractivity contribution in [2.75, 3.05) is 19.7 Å². The van der Waals surface area contributed by atoms with Crippen LogP contribution in [0.4, 0.5) is 0 Å². The van der Waals surface area contributed by atoms with Crippen molar-refractivity contribution in [1.82, 2.24) is 4.90 Å². The van der Waals surface area contributed by atoms with Crippen molar-refractivity contribution < 1.29 is 5.11 Å². The number of hydrogen-bond donors (Lipinski definition) is 1. The van der Waals surface area contributed by atoms with Crippen LogP contribution in [0.5, 0.6) is 0 Å².